The van der Waals surface area contributed by atoms with Crippen molar-refractivity contribution >= 4 is 5.78 Å². The van der Waals surface area contributed by atoms with Gasteiger partial charge in [-0.1, -0.05) is 13.0 Å². The van der Waals surface area contributed by atoms with Gasteiger partial charge in [0.15, 0.2) is 5.78 Å². The van der Waals surface area contributed by atoms with Gasteiger partial charge >= 0.3 is 0 Å². The minimum absolute atomic E-state index is 0.239. The predicted octanol–water partition coefficient (Wildman–Crippen LogP) is 1.54. The summed E-state index contributed by atoms with van der Waals surface area (Å²) in [6.07, 6.45) is 3.03. The van der Waals surface area contributed by atoms with Crippen molar-refractivity contribution < 1.29 is 4.79 Å². The van der Waals surface area contributed by atoms with Crippen LogP contribution in [-0.2, 0) is 4.79 Å². The van der Waals surface area contributed by atoms with Crippen molar-refractivity contribution in [3.8, 4) is 0 Å². The minimum Gasteiger partial charge on any atom is -0.295 e. The fourth-order valence-corrected chi connectivity index (χ4v) is 0.918. The largest absolute Gasteiger partial charge is 0.295 e. The quantitative estimate of drug-likeness (QED) is 0.500. The molecule has 1 atom stereocenters. The number of Topliss-reactive ketones (excluding diaryl/α,β-unsaturated/α-hetero) is 1. The molecule has 0 amide bonds. The van der Waals surface area contributed by atoms with Gasteiger partial charge < -0.3 is 0 Å². The third-order valence-electron chi connectivity index (χ3n) is 1.48. The number of hydrogen-bond donors (Lipinski definition) is 0. The molecule has 1 rings (SSSR count). The third-order valence-corrected chi connectivity index (χ3v) is 1.48. The molecule has 8 heavy (non-hydrogen) atoms. The summed E-state index contributed by atoms with van der Waals surface area (Å²) in [6, 6.07) is 0. The average Bonchev–Trinajstić information content (AvgIpc) is 1.57. The second kappa shape index (κ2) is 1.73. The molecule has 0 aliphatic heterocycles. The smallest absolute Gasteiger partial charge is 0.155 e. The van der Waals surface area contributed by atoms with Crippen LogP contribution in [0.3, 0.4) is 0 Å². The molecule has 0 radical (unpaired) electrons. The van der Waals surface area contributed by atoms with E-state index in [0.29, 0.717) is 5.92 Å². The Balaban J connectivity index is 2.54. The van der Waals surface area contributed by atoms with Crippen LogP contribution in [0.1, 0.15) is 20.3 Å². The molecule has 0 aromatic rings. The maximum Gasteiger partial charge on any atom is 0.155 e. The first kappa shape index (κ1) is 5.54. The van der Waals surface area contributed by atoms with Crippen LogP contribution < -0.4 is 0 Å². The molecule has 0 fully saturated rings. The van der Waals surface area contributed by atoms with Crippen molar-refractivity contribution in [2.75, 3.05) is 0 Å². The fourth-order valence-electron chi connectivity index (χ4n) is 0.918. The van der Waals surface area contributed by atoms with Gasteiger partial charge in [0, 0.05) is 0 Å². The molecule has 1 nitrogen and oxygen atoms in total. The normalized spacial score (nSPS) is 26.2. The van der Waals surface area contributed by atoms with Gasteiger partial charge in [0.05, 0.1) is 0 Å². The van der Waals surface area contributed by atoms with E-state index in [-0.39, 0.29) is 5.78 Å². The minimum atomic E-state index is 0.239. The van der Waals surface area contributed by atoms with Crippen LogP contribution in [-0.4, -0.2) is 5.78 Å². The molecule has 44 valence electrons. The standard InChI is InChI=1S/C7H10O/c1-5-3-7(4-5)6(2)8/h3,5H,4H2,1-2H3. The maximum absolute atomic E-state index is 10.5. The summed E-state index contributed by atoms with van der Waals surface area (Å²) in [5.74, 6) is 0.886. The first-order valence-corrected chi connectivity index (χ1v) is 2.92. The Morgan fingerprint density at radius 1 is 1.88 bits per heavy atom. The Morgan fingerprint density at radius 3 is 2.50 bits per heavy atom. The Kier molecular flexibility index (Phi) is 1.20. The van der Waals surface area contributed by atoms with E-state index >= 15 is 0 Å². The molecule has 1 unspecified atom stereocenters. The topological polar surface area (TPSA) is 17.1 Å². The second-order valence-electron chi connectivity index (χ2n) is 2.43. The van der Waals surface area contributed by atoms with Crippen LogP contribution >= 0.6 is 0 Å². The number of hydrogen-bond acceptors (Lipinski definition) is 1. The Bertz CT molecular complexity index is 144. The van der Waals surface area contributed by atoms with E-state index < -0.39 is 0 Å². The highest BCUT2D eigenvalue weighted by atomic mass is 16.1. The second-order valence-corrected chi connectivity index (χ2v) is 2.43. The molecule has 0 N–H and O–H groups in total. The van der Waals surface area contributed by atoms with E-state index in [4.69, 9.17) is 0 Å². The highest BCUT2D eigenvalue weighted by molar-refractivity contribution is 5.94. The van der Waals surface area contributed by atoms with Crippen LogP contribution in [0.15, 0.2) is 11.6 Å². The van der Waals surface area contributed by atoms with Crippen LogP contribution in [0.2, 0.25) is 0 Å². The van der Waals surface area contributed by atoms with Crippen molar-refractivity contribution in [3.63, 3.8) is 0 Å². The first-order valence-electron chi connectivity index (χ1n) is 2.92. The zero-order valence-corrected chi connectivity index (χ0v) is 5.27. The van der Waals surface area contributed by atoms with Crippen molar-refractivity contribution in [1.29, 1.82) is 0 Å². The van der Waals surface area contributed by atoms with Crippen molar-refractivity contribution in [2.45, 2.75) is 20.3 Å². The van der Waals surface area contributed by atoms with E-state index in [2.05, 4.69) is 6.92 Å². The Hall–Kier alpha value is -0.590. The predicted molar refractivity (Wildman–Crippen MR) is 32.5 cm³/mol. The van der Waals surface area contributed by atoms with Crippen LogP contribution in [0.4, 0.5) is 0 Å². The van der Waals surface area contributed by atoms with Crippen molar-refractivity contribution in [3.05, 3.63) is 11.6 Å². The number of ketones is 1. The third kappa shape index (κ3) is 0.808. The average molecular weight is 110 g/mol. The van der Waals surface area contributed by atoms with E-state index in [9.17, 15) is 4.79 Å². The summed E-state index contributed by atoms with van der Waals surface area (Å²) in [6.45, 7) is 3.74. The number of rotatable bonds is 1. The molecule has 0 spiro atoms. The molecular formula is C7H10O. The summed E-state index contributed by atoms with van der Waals surface area (Å²) in [7, 11) is 0. The zero-order valence-electron chi connectivity index (χ0n) is 5.27. The molecule has 0 saturated carbocycles. The monoisotopic (exact) mass is 110 g/mol. The summed E-state index contributed by atoms with van der Waals surface area (Å²) in [5.41, 5.74) is 1.01. The van der Waals surface area contributed by atoms with Crippen LogP contribution in [0.25, 0.3) is 0 Å². The van der Waals surface area contributed by atoms with Crippen LogP contribution in [0.5, 0.6) is 0 Å². The first-order chi connectivity index (χ1) is 3.70. The summed E-state index contributed by atoms with van der Waals surface area (Å²) >= 11 is 0. The summed E-state index contributed by atoms with van der Waals surface area (Å²) in [5, 5.41) is 0. The van der Waals surface area contributed by atoms with Gasteiger partial charge in [0.2, 0.25) is 0 Å². The van der Waals surface area contributed by atoms with Crippen molar-refractivity contribution in [1.82, 2.24) is 0 Å². The number of carbonyl (C=O) groups is 1. The van der Waals surface area contributed by atoms with Crippen molar-refractivity contribution in [2.24, 2.45) is 5.92 Å². The molecule has 0 aromatic heterocycles. The molecule has 0 saturated heterocycles. The lowest BCUT2D eigenvalue weighted by atomic mass is 9.86. The van der Waals surface area contributed by atoms with E-state index in [0.717, 1.165) is 12.0 Å². The van der Waals surface area contributed by atoms with E-state index in [1.807, 2.05) is 6.08 Å². The lowest BCUT2D eigenvalue weighted by molar-refractivity contribution is -0.114. The molecule has 1 aliphatic carbocycles. The van der Waals surface area contributed by atoms with Gasteiger partial charge in [-0.2, -0.15) is 0 Å². The fraction of sp³-hybridized carbons (Fsp3) is 0.571. The lowest BCUT2D eigenvalue weighted by Gasteiger charge is -2.18. The zero-order chi connectivity index (χ0) is 6.15. The number of carbonyl (C=O) groups excluding carboxylic acids is 1. The summed E-state index contributed by atoms with van der Waals surface area (Å²) < 4.78 is 0. The van der Waals surface area contributed by atoms with Gasteiger partial charge in [-0.05, 0) is 24.8 Å². The number of allylic oxidation sites excluding steroid dienone is 2. The van der Waals surface area contributed by atoms with E-state index in [1.54, 1.807) is 6.92 Å². The molecule has 0 heterocycles. The van der Waals surface area contributed by atoms with Gasteiger partial charge in [-0.3, -0.25) is 4.79 Å². The SMILES string of the molecule is CC(=O)C1=CC(C)C1. The molecular weight excluding hydrogens is 100 g/mol. The highest BCUT2D eigenvalue weighted by Gasteiger charge is 2.16. The van der Waals surface area contributed by atoms with Crippen LogP contribution in [0, 0.1) is 5.92 Å². The van der Waals surface area contributed by atoms with Gasteiger partial charge in [-0.25, -0.2) is 0 Å². The Morgan fingerprint density at radius 2 is 2.38 bits per heavy atom. The Labute approximate surface area is 49.4 Å². The molecule has 0 aromatic carbocycles. The lowest BCUT2D eigenvalue weighted by Crippen LogP contribution is -2.11. The molecule has 1 aliphatic rings. The van der Waals surface area contributed by atoms with E-state index in [1.165, 1.54) is 0 Å². The van der Waals surface area contributed by atoms with Gasteiger partial charge in [-0.15, -0.1) is 0 Å². The molecule has 1 heteroatoms. The van der Waals surface area contributed by atoms with Gasteiger partial charge in [0.1, 0.15) is 0 Å². The maximum atomic E-state index is 10.5. The summed E-state index contributed by atoms with van der Waals surface area (Å²) in [4.78, 5) is 10.5. The van der Waals surface area contributed by atoms with Gasteiger partial charge in [0.25, 0.3) is 0 Å². The highest BCUT2D eigenvalue weighted by Crippen LogP contribution is 2.24. The molecule has 0 bridgehead atoms.